The molecule has 0 aliphatic heterocycles. The fourth-order valence-corrected chi connectivity index (χ4v) is 13.1. The van der Waals surface area contributed by atoms with Crippen LogP contribution in [0.15, 0.2) is 261 Å². The Hall–Kier alpha value is -9.90. The molecule has 0 bridgehead atoms. The number of fused-ring (bicyclic) bond motifs is 10. The van der Waals surface area contributed by atoms with Crippen LogP contribution in [0.5, 0.6) is 23.0 Å². The minimum Gasteiger partial charge on any atom is -0.497 e. The number of benzene rings is 11. The smallest absolute Gasteiger partial charge is 0.118 e. The minimum absolute atomic E-state index is 0.254. The first-order valence-corrected chi connectivity index (χ1v) is 28.2. The second-order valence-corrected chi connectivity index (χ2v) is 21.8. The lowest BCUT2D eigenvalue weighted by Gasteiger charge is -2.32. The second kappa shape index (κ2) is 20.6. The third kappa shape index (κ3) is 8.62. The number of allylic oxidation sites excluding steroid dienone is 4. The van der Waals surface area contributed by atoms with Crippen LogP contribution in [0.1, 0.15) is 46.2 Å². The molecule has 0 saturated heterocycles. The van der Waals surface area contributed by atoms with Crippen molar-refractivity contribution in [2.45, 2.75) is 18.3 Å². The van der Waals surface area contributed by atoms with Gasteiger partial charge < -0.3 is 18.9 Å². The Morgan fingerprint density at radius 1 is 0.280 bits per heavy atom. The molecule has 0 aromatic heterocycles. The van der Waals surface area contributed by atoms with Crippen LogP contribution in [0, 0.1) is 5.92 Å². The van der Waals surface area contributed by atoms with Gasteiger partial charge in [0, 0.05) is 5.92 Å². The molecule has 3 aliphatic carbocycles. The van der Waals surface area contributed by atoms with Crippen LogP contribution < -0.4 is 18.9 Å². The van der Waals surface area contributed by atoms with E-state index in [2.05, 4.69) is 231 Å². The van der Waals surface area contributed by atoms with E-state index < -0.39 is 5.41 Å². The van der Waals surface area contributed by atoms with Gasteiger partial charge >= 0.3 is 0 Å². The molecular formula is C78H60O4. The van der Waals surface area contributed by atoms with Gasteiger partial charge in [0.2, 0.25) is 0 Å². The molecule has 11 aromatic rings. The first-order valence-electron chi connectivity index (χ1n) is 28.2. The third-order valence-electron chi connectivity index (χ3n) is 17.5. The number of hydrogen-bond acceptors (Lipinski definition) is 4. The Balaban J connectivity index is 0.951. The number of ether oxygens (including phenoxy) is 4. The first-order chi connectivity index (χ1) is 40.3. The zero-order valence-corrected chi connectivity index (χ0v) is 46.6. The van der Waals surface area contributed by atoms with E-state index in [1.54, 1.807) is 28.4 Å². The normalized spacial score (nSPS) is 15.0. The molecule has 0 N–H and O–H groups in total. The highest BCUT2D eigenvalue weighted by Crippen LogP contribution is 2.64. The van der Waals surface area contributed by atoms with E-state index in [4.69, 9.17) is 18.9 Å². The molecule has 2 unspecified atom stereocenters. The van der Waals surface area contributed by atoms with Crippen LogP contribution in [0.3, 0.4) is 0 Å². The maximum absolute atomic E-state index is 5.53. The van der Waals surface area contributed by atoms with Crippen LogP contribution >= 0.6 is 0 Å². The van der Waals surface area contributed by atoms with E-state index in [1.165, 1.54) is 94.6 Å². The van der Waals surface area contributed by atoms with Crippen molar-refractivity contribution in [3.63, 3.8) is 0 Å². The van der Waals surface area contributed by atoms with E-state index in [9.17, 15) is 0 Å². The standard InChI is InChI=1S/C78H60O4/c1-49-44-60(26-39-69(49)59-24-37-68(82-5)38-25-59)64-30-43-73-72-42-29-63(58-16-10-52(11-17-58)55-22-35-67(81-4)36-23-55)47-76(72)78(77(73)48-64)74-45-61(56-12-6-50(7-13-56)53-18-31-65(79-2)32-19-53)27-40-70(74)71-41-28-62(46-75(71)78)57-14-8-51(9-15-57)54-20-33-66(80-3)34-21-54/h6-49,69H,1-5H3. The van der Waals surface area contributed by atoms with Crippen LogP contribution in [-0.2, 0) is 5.41 Å². The molecule has 4 heteroatoms. The van der Waals surface area contributed by atoms with E-state index >= 15 is 0 Å². The Kier molecular flexibility index (Phi) is 12.7. The van der Waals surface area contributed by atoms with Gasteiger partial charge in [-0.1, -0.05) is 195 Å². The highest BCUT2D eigenvalue weighted by molar-refractivity contribution is 5.99. The van der Waals surface area contributed by atoms with Crippen molar-refractivity contribution >= 4 is 5.57 Å². The van der Waals surface area contributed by atoms with Crippen LogP contribution in [-0.4, -0.2) is 28.4 Å². The summed E-state index contributed by atoms with van der Waals surface area (Å²) in [6, 6.07) is 89.4. The predicted octanol–water partition coefficient (Wildman–Crippen LogP) is 19.4. The second-order valence-electron chi connectivity index (χ2n) is 21.8. The van der Waals surface area contributed by atoms with Crippen molar-refractivity contribution in [1.29, 1.82) is 0 Å². The summed E-state index contributed by atoms with van der Waals surface area (Å²) in [7, 11) is 6.85. The monoisotopic (exact) mass is 1060 g/mol. The molecule has 0 amide bonds. The fraction of sp³-hybridized carbons (Fsp3) is 0.103. The zero-order valence-electron chi connectivity index (χ0n) is 46.6. The summed E-state index contributed by atoms with van der Waals surface area (Å²) in [6.07, 6.45) is 7.21. The molecule has 11 aromatic carbocycles. The van der Waals surface area contributed by atoms with Crippen molar-refractivity contribution < 1.29 is 18.9 Å². The summed E-state index contributed by atoms with van der Waals surface area (Å²) in [4.78, 5) is 0. The summed E-state index contributed by atoms with van der Waals surface area (Å²) < 4.78 is 22.0. The molecule has 4 nitrogen and oxygen atoms in total. The lowest BCUT2D eigenvalue weighted by atomic mass is 9.69. The van der Waals surface area contributed by atoms with Gasteiger partial charge in [-0.25, -0.2) is 0 Å². The molecule has 0 fully saturated rings. The fourth-order valence-electron chi connectivity index (χ4n) is 13.1. The summed E-state index contributed by atoms with van der Waals surface area (Å²) >= 11 is 0. The topological polar surface area (TPSA) is 36.9 Å². The summed E-state index contributed by atoms with van der Waals surface area (Å²) in [5, 5.41) is 0. The van der Waals surface area contributed by atoms with Gasteiger partial charge in [-0.3, -0.25) is 0 Å². The lowest BCUT2D eigenvalue weighted by Crippen LogP contribution is -2.26. The van der Waals surface area contributed by atoms with Crippen LogP contribution in [0.4, 0.5) is 0 Å². The summed E-state index contributed by atoms with van der Waals surface area (Å²) in [6.45, 7) is 2.34. The van der Waals surface area contributed by atoms with E-state index in [0.717, 1.165) is 56.4 Å². The highest BCUT2D eigenvalue weighted by atomic mass is 16.5. The van der Waals surface area contributed by atoms with Gasteiger partial charge in [0.05, 0.1) is 33.9 Å². The highest BCUT2D eigenvalue weighted by Gasteiger charge is 2.52. The average molecular weight is 1060 g/mol. The minimum atomic E-state index is -0.682. The zero-order chi connectivity index (χ0) is 55.5. The molecule has 1 spiro atoms. The van der Waals surface area contributed by atoms with E-state index in [-0.39, 0.29) is 11.8 Å². The molecule has 0 radical (unpaired) electrons. The van der Waals surface area contributed by atoms with Crippen LogP contribution in [0.2, 0.25) is 0 Å². The van der Waals surface area contributed by atoms with E-state index in [1.807, 2.05) is 36.4 Å². The third-order valence-corrected chi connectivity index (χ3v) is 17.5. The summed E-state index contributed by atoms with van der Waals surface area (Å²) in [5.41, 5.74) is 27.2. The molecule has 82 heavy (non-hydrogen) atoms. The SMILES string of the molecule is COc1ccc(-c2ccc(-c3ccc4c(c3)C3(c5cc(C6=CC(C)C(c7ccc(OC)cc7)C=C6)ccc5-4)c4cc(-c5ccc(-c6ccc(OC)cc6)cc5)ccc4-c4ccc(-c5ccc(-c6ccc(OC)cc6)cc5)cc43)cc2)cc1. The average Bonchev–Trinajstić information content (AvgIpc) is 1.93. The molecule has 0 heterocycles. The van der Waals surface area contributed by atoms with Gasteiger partial charge in [0.15, 0.2) is 0 Å². The molecule has 2 atom stereocenters. The largest absolute Gasteiger partial charge is 0.497 e. The van der Waals surface area contributed by atoms with Crippen molar-refractivity contribution in [3.8, 4) is 112 Å². The maximum Gasteiger partial charge on any atom is 0.118 e. The number of rotatable bonds is 12. The van der Waals surface area contributed by atoms with E-state index in [0.29, 0.717) is 0 Å². The van der Waals surface area contributed by atoms with Gasteiger partial charge in [0.25, 0.3) is 0 Å². The molecule has 3 aliphatic rings. The van der Waals surface area contributed by atoms with Gasteiger partial charge in [-0.15, -0.1) is 0 Å². The predicted molar refractivity (Wildman–Crippen MR) is 337 cm³/mol. The van der Waals surface area contributed by atoms with Crippen molar-refractivity contribution in [2.24, 2.45) is 5.92 Å². The Morgan fingerprint density at radius 2 is 0.524 bits per heavy atom. The van der Waals surface area contributed by atoms with Crippen molar-refractivity contribution in [1.82, 2.24) is 0 Å². The molecule has 14 rings (SSSR count). The van der Waals surface area contributed by atoms with Gasteiger partial charge in [0.1, 0.15) is 23.0 Å². The maximum atomic E-state index is 5.53. The molecule has 396 valence electrons. The number of hydrogen-bond donors (Lipinski definition) is 0. The Morgan fingerprint density at radius 3 is 0.817 bits per heavy atom. The summed E-state index contributed by atoms with van der Waals surface area (Å²) in [5.74, 6) is 3.94. The lowest BCUT2D eigenvalue weighted by molar-refractivity contribution is 0.414. The van der Waals surface area contributed by atoms with Gasteiger partial charge in [-0.2, -0.15) is 0 Å². The van der Waals surface area contributed by atoms with Crippen molar-refractivity contribution in [3.05, 3.63) is 294 Å². The first kappa shape index (κ1) is 50.3. The number of methoxy groups -OCH3 is 4. The van der Waals surface area contributed by atoms with Crippen molar-refractivity contribution in [2.75, 3.05) is 28.4 Å². The Labute approximate surface area is 480 Å². The van der Waals surface area contributed by atoms with Crippen LogP contribution in [0.25, 0.3) is 94.6 Å². The Bertz CT molecular complexity index is 3980. The molecular weight excluding hydrogens is 1000 g/mol. The van der Waals surface area contributed by atoms with Gasteiger partial charge in [-0.05, 0) is 207 Å². The molecule has 0 saturated carbocycles. The quantitative estimate of drug-likeness (QED) is 0.122.